The van der Waals surface area contributed by atoms with Gasteiger partial charge in [0.1, 0.15) is 10.8 Å². The molecule has 6 heteroatoms. The number of ether oxygens (including phenoxy) is 1. The van der Waals surface area contributed by atoms with E-state index < -0.39 is 0 Å². The molecule has 2 aliphatic rings. The largest absolute Gasteiger partial charge is 0.491 e. The molecule has 1 aromatic heterocycles. The number of hydrogen-bond donors (Lipinski definition) is 0. The van der Waals surface area contributed by atoms with Gasteiger partial charge in [-0.1, -0.05) is 0 Å². The zero-order valence-corrected chi connectivity index (χ0v) is 16.9. The fourth-order valence-electron chi connectivity index (χ4n) is 3.40. The third kappa shape index (κ3) is 4.68. The molecule has 1 amide bonds. The van der Waals surface area contributed by atoms with Crippen LogP contribution in [-0.2, 0) is 6.54 Å². The molecule has 0 unspecified atom stereocenters. The highest BCUT2D eigenvalue weighted by Crippen LogP contribution is 2.40. The summed E-state index contributed by atoms with van der Waals surface area (Å²) < 4.78 is 5.65. The van der Waals surface area contributed by atoms with Gasteiger partial charge in [-0.15, -0.1) is 11.3 Å². The highest BCUT2D eigenvalue weighted by atomic mass is 32.1. The van der Waals surface area contributed by atoms with Crippen LogP contribution >= 0.6 is 11.3 Å². The molecule has 1 aromatic carbocycles. The number of piperazine rings is 1. The summed E-state index contributed by atoms with van der Waals surface area (Å²) in [6.45, 7) is 8.24. The molecule has 1 aliphatic heterocycles. The molecule has 2 aromatic rings. The maximum Gasteiger partial charge on any atom is 0.253 e. The van der Waals surface area contributed by atoms with Crippen molar-refractivity contribution in [2.24, 2.45) is 0 Å². The van der Waals surface area contributed by atoms with E-state index in [1.807, 2.05) is 43.0 Å². The van der Waals surface area contributed by atoms with E-state index in [-0.39, 0.29) is 12.0 Å². The van der Waals surface area contributed by atoms with Gasteiger partial charge in [-0.05, 0) is 51.0 Å². The second-order valence-electron chi connectivity index (χ2n) is 7.70. The van der Waals surface area contributed by atoms with Crippen molar-refractivity contribution in [1.29, 1.82) is 0 Å². The van der Waals surface area contributed by atoms with Gasteiger partial charge < -0.3 is 9.64 Å². The molecule has 144 valence electrons. The van der Waals surface area contributed by atoms with Crippen LogP contribution in [0.5, 0.6) is 5.75 Å². The Kier molecular flexibility index (Phi) is 5.45. The van der Waals surface area contributed by atoms with Crippen LogP contribution in [0.2, 0.25) is 0 Å². The molecule has 2 fully saturated rings. The minimum atomic E-state index is 0.107. The van der Waals surface area contributed by atoms with Crippen LogP contribution < -0.4 is 4.74 Å². The van der Waals surface area contributed by atoms with Gasteiger partial charge in [-0.3, -0.25) is 9.69 Å². The summed E-state index contributed by atoms with van der Waals surface area (Å²) in [6.07, 6.45) is 2.74. The lowest BCUT2D eigenvalue weighted by atomic mass is 10.1. The van der Waals surface area contributed by atoms with Crippen molar-refractivity contribution >= 4 is 17.2 Å². The lowest BCUT2D eigenvalue weighted by Gasteiger charge is -2.34. The summed E-state index contributed by atoms with van der Waals surface area (Å²) in [4.78, 5) is 21.9. The van der Waals surface area contributed by atoms with Crippen molar-refractivity contribution in [3.8, 4) is 5.75 Å². The number of carbonyl (C=O) groups is 1. The Balaban J connectivity index is 1.28. The SMILES string of the molecule is CC(C)Oc1ccc(C(=O)N2CCN(Cc3nc(C4CC4)cs3)CC2)cc1. The molecule has 1 saturated heterocycles. The Hall–Kier alpha value is -1.92. The number of thiazole rings is 1. The molecular formula is C21H27N3O2S. The second-order valence-corrected chi connectivity index (χ2v) is 8.64. The van der Waals surface area contributed by atoms with E-state index in [9.17, 15) is 4.79 Å². The van der Waals surface area contributed by atoms with Crippen LogP contribution in [0.15, 0.2) is 29.6 Å². The normalized spacial score (nSPS) is 18.1. The summed E-state index contributed by atoms with van der Waals surface area (Å²) in [5, 5.41) is 3.43. The molecule has 27 heavy (non-hydrogen) atoms. The van der Waals surface area contributed by atoms with E-state index in [4.69, 9.17) is 9.72 Å². The summed E-state index contributed by atoms with van der Waals surface area (Å²) in [7, 11) is 0. The number of aromatic nitrogens is 1. The Morgan fingerprint density at radius 2 is 1.89 bits per heavy atom. The van der Waals surface area contributed by atoms with Crippen molar-refractivity contribution in [1.82, 2.24) is 14.8 Å². The maximum atomic E-state index is 12.7. The lowest BCUT2D eigenvalue weighted by Crippen LogP contribution is -2.48. The predicted octanol–water partition coefficient (Wildman–Crippen LogP) is 3.77. The Labute approximate surface area is 165 Å². The molecule has 0 bridgehead atoms. The minimum absolute atomic E-state index is 0.107. The molecule has 5 nitrogen and oxygen atoms in total. The Morgan fingerprint density at radius 1 is 1.19 bits per heavy atom. The van der Waals surface area contributed by atoms with Crippen LogP contribution in [0.3, 0.4) is 0 Å². The molecule has 1 aliphatic carbocycles. The van der Waals surface area contributed by atoms with E-state index >= 15 is 0 Å². The predicted molar refractivity (Wildman–Crippen MR) is 107 cm³/mol. The van der Waals surface area contributed by atoms with Gasteiger partial charge in [-0.25, -0.2) is 4.98 Å². The first-order valence-electron chi connectivity index (χ1n) is 9.81. The molecule has 2 heterocycles. The van der Waals surface area contributed by atoms with E-state index in [1.165, 1.54) is 23.5 Å². The molecule has 0 radical (unpaired) electrons. The smallest absolute Gasteiger partial charge is 0.253 e. The number of nitrogens with zero attached hydrogens (tertiary/aromatic N) is 3. The van der Waals surface area contributed by atoms with Crippen LogP contribution in [0.4, 0.5) is 0 Å². The van der Waals surface area contributed by atoms with Crippen LogP contribution in [0, 0.1) is 0 Å². The topological polar surface area (TPSA) is 45.7 Å². The molecule has 1 saturated carbocycles. The third-order valence-corrected chi connectivity index (χ3v) is 5.91. The van der Waals surface area contributed by atoms with Crippen LogP contribution in [-0.4, -0.2) is 53.0 Å². The zero-order valence-electron chi connectivity index (χ0n) is 16.1. The second kappa shape index (κ2) is 7.98. The van der Waals surface area contributed by atoms with Gasteiger partial charge in [0, 0.05) is 43.0 Å². The van der Waals surface area contributed by atoms with Crippen LogP contribution in [0.1, 0.15) is 53.7 Å². The van der Waals surface area contributed by atoms with Crippen LogP contribution in [0.25, 0.3) is 0 Å². The molecule has 0 N–H and O–H groups in total. The third-order valence-electron chi connectivity index (χ3n) is 5.06. The number of hydrogen-bond acceptors (Lipinski definition) is 5. The van der Waals surface area contributed by atoms with E-state index in [0.29, 0.717) is 0 Å². The van der Waals surface area contributed by atoms with Crippen molar-refractivity contribution in [3.63, 3.8) is 0 Å². The summed E-state index contributed by atoms with van der Waals surface area (Å²) in [5.41, 5.74) is 2.02. The van der Waals surface area contributed by atoms with Crippen molar-refractivity contribution in [2.45, 2.75) is 45.3 Å². The van der Waals surface area contributed by atoms with Crippen molar-refractivity contribution in [3.05, 3.63) is 45.9 Å². The Morgan fingerprint density at radius 3 is 2.52 bits per heavy atom. The van der Waals surface area contributed by atoms with Crippen molar-refractivity contribution in [2.75, 3.05) is 26.2 Å². The number of rotatable bonds is 6. The lowest BCUT2D eigenvalue weighted by molar-refractivity contribution is 0.0628. The maximum absolute atomic E-state index is 12.7. The van der Waals surface area contributed by atoms with Gasteiger partial charge in [0.25, 0.3) is 5.91 Å². The fourth-order valence-corrected chi connectivity index (χ4v) is 4.31. The first kappa shape index (κ1) is 18.4. The quantitative estimate of drug-likeness (QED) is 0.759. The standard InChI is InChI=1S/C21H27N3O2S/c1-15(2)26-18-7-5-17(6-8-18)21(25)24-11-9-23(10-12-24)13-20-22-19(14-27-20)16-3-4-16/h5-8,14-16H,3-4,9-13H2,1-2H3. The summed E-state index contributed by atoms with van der Waals surface area (Å²) in [5.74, 6) is 1.64. The number of benzene rings is 1. The highest BCUT2D eigenvalue weighted by Gasteiger charge is 2.27. The van der Waals surface area contributed by atoms with Gasteiger partial charge in [0.2, 0.25) is 0 Å². The minimum Gasteiger partial charge on any atom is -0.491 e. The van der Waals surface area contributed by atoms with E-state index in [1.54, 1.807) is 11.3 Å². The molecule has 0 spiro atoms. The molecule has 0 atom stereocenters. The Bertz CT molecular complexity index is 775. The first-order valence-corrected chi connectivity index (χ1v) is 10.7. The van der Waals surface area contributed by atoms with Gasteiger partial charge >= 0.3 is 0 Å². The number of amides is 1. The summed E-state index contributed by atoms with van der Waals surface area (Å²) >= 11 is 1.78. The molecule has 4 rings (SSSR count). The molecular weight excluding hydrogens is 358 g/mol. The average Bonchev–Trinajstić information content (AvgIpc) is 3.42. The van der Waals surface area contributed by atoms with E-state index in [0.717, 1.165) is 50.0 Å². The van der Waals surface area contributed by atoms with Crippen molar-refractivity contribution < 1.29 is 9.53 Å². The zero-order chi connectivity index (χ0) is 18.8. The average molecular weight is 386 g/mol. The summed E-state index contributed by atoms with van der Waals surface area (Å²) in [6, 6.07) is 7.48. The monoisotopic (exact) mass is 385 g/mol. The van der Waals surface area contributed by atoms with Gasteiger partial charge in [-0.2, -0.15) is 0 Å². The first-order chi connectivity index (χ1) is 13.1. The highest BCUT2D eigenvalue weighted by molar-refractivity contribution is 7.09. The fraction of sp³-hybridized carbons (Fsp3) is 0.524. The van der Waals surface area contributed by atoms with Gasteiger partial charge in [0.15, 0.2) is 0 Å². The van der Waals surface area contributed by atoms with Gasteiger partial charge in [0.05, 0.1) is 18.3 Å². The number of carbonyl (C=O) groups excluding carboxylic acids is 1. The van der Waals surface area contributed by atoms with E-state index in [2.05, 4.69) is 10.3 Å².